The van der Waals surface area contributed by atoms with Crippen molar-refractivity contribution in [2.75, 3.05) is 29.5 Å². The summed E-state index contributed by atoms with van der Waals surface area (Å²) in [5.41, 5.74) is 5.77. The Morgan fingerprint density at radius 1 is 1.05 bits per heavy atom. The van der Waals surface area contributed by atoms with Crippen LogP contribution in [-0.4, -0.2) is 53.1 Å². The van der Waals surface area contributed by atoms with Crippen LogP contribution in [-0.2, 0) is 21.2 Å². The minimum Gasteiger partial charge on any atom is -0.358 e. The zero-order chi connectivity index (χ0) is 26.2. The van der Waals surface area contributed by atoms with Crippen molar-refractivity contribution >= 4 is 38.2 Å². The van der Waals surface area contributed by atoms with Crippen LogP contribution >= 0.6 is 0 Å². The lowest BCUT2D eigenvalue weighted by Gasteiger charge is -2.25. The number of nitrogens with one attached hydrogen (secondary N) is 1. The van der Waals surface area contributed by atoms with E-state index in [0.29, 0.717) is 29.9 Å². The molecule has 0 bridgehead atoms. The summed E-state index contributed by atoms with van der Waals surface area (Å²) in [6.07, 6.45) is 4.57. The number of aromatic nitrogens is 5. The number of anilines is 3. The predicted octanol–water partition coefficient (Wildman–Crippen LogP) is 4.27. The molecule has 0 radical (unpaired) electrons. The van der Waals surface area contributed by atoms with Gasteiger partial charge in [-0.15, -0.1) is 0 Å². The van der Waals surface area contributed by atoms with Gasteiger partial charge in [0.1, 0.15) is 17.6 Å². The SMILES string of the molecule is Cc1ccc(Cc2cc(Nc3ccccc3N(C)S(C)(=O)=O)c3nc(C)n(C4CCCCO4)c3n2)nn1. The number of hydrogen-bond donors (Lipinski definition) is 1. The third kappa shape index (κ3) is 5.28. The van der Waals surface area contributed by atoms with Crippen LogP contribution in [0.4, 0.5) is 17.1 Å². The van der Waals surface area contributed by atoms with Crippen LogP contribution in [0.2, 0.25) is 0 Å². The molecule has 1 N–H and O–H groups in total. The van der Waals surface area contributed by atoms with Gasteiger partial charge in [-0.2, -0.15) is 10.2 Å². The van der Waals surface area contributed by atoms with Crippen molar-refractivity contribution in [3.05, 3.63) is 65.4 Å². The highest BCUT2D eigenvalue weighted by Gasteiger charge is 2.24. The molecule has 4 aromatic rings. The van der Waals surface area contributed by atoms with Crippen molar-refractivity contribution in [2.45, 2.75) is 45.8 Å². The standard InChI is InChI=1S/C26H31N7O3S/c1-17-12-13-19(31-30-17)15-20-16-22(29-21-9-5-6-10-23(21)32(3)37(4,34)35)25-26(28-20)33(18(2)27-25)24-11-7-8-14-36-24/h5-6,9-10,12-13,16,24H,7-8,11,14-15H2,1-4H3,(H,28,29). The van der Waals surface area contributed by atoms with E-state index in [4.69, 9.17) is 14.7 Å². The Morgan fingerprint density at radius 3 is 2.57 bits per heavy atom. The smallest absolute Gasteiger partial charge is 0.232 e. The van der Waals surface area contributed by atoms with Gasteiger partial charge in [0.25, 0.3) is 0 Å². The van der Waals surface area contributed by atoms with Crippen LogP contribution in [0.5, 0.6) is 0 Å². The molecular formula is C26H31N7O3S. The van der Waals surface area contributed by atoms with Gasteiger partial charge in [-0.05, 0) is 63.4 Å². The molecule has 1 atom stereocenters. The Morgan fingerprint density at radius 2 is 1.86 bits per heavy atom. The maximum Gasteiger partial charge on any atom is 0.232 e. The second-order valence-corrected chi connectivity index (χ2v) is 11.4. The molecule has 5 rings (SSSR count). The topological polar surface area (TPSA) is 115 Å². The lowest BCUT2D eigenvalue weighted by atomic mass is 10.1. The number of rotatable bonds is 7. The molecule has 0 spiro atoms. The molecule has 1 fully saturated rings. The number of para-hydroxylation sites is 2. The molecule has 0 amide bonds. The van der Waals surface area contributed by atoms with E-state index in [1.807, 2.05) is 50.2 Å². The third-order valence-corrected chi connectivity index (χ3v) is 7.74. The monoisotopic (exact) mass is 521 g/mol. The first-order valence-electron chi connectivity index (χ1n) is 12.3. The van der Waals surface area contributed by atoms with Crippen LogP contribution in [0.15, 0.2) is 42.5 Å². The summed E-state index contributed by atoms with van der Waals surface area (Å²) in [6.45, 7) is 4.57. The van der Waals surface area contributed by atoms with E-state index in [1.165, 1.54) is 10.6 Å². The van der Waals surface area contributed by atoms with E-state index in [1.54, 1.807) is 13.1 Å². The van der Waals surface area contributed by atoms with Gasteiger partial charge in [-0.1, -0.05) is 12.1 Å². The molecule has 10 nitrogen and oxygen atoms in total. The van der Waals surface area contributed by atoms with E-state index in [0.717, 1.165) is 53.5 Å². The Balaban J connectivity index is 1.63. The summed E-state index contributed by atoms with van der Waals surface area (Å²) in [6, 6.07) is 13.1. The third-order valence-electron chi connectivity index (χ3n) is 6.55. The second kappa shape index (κ2) is 10.1. The van der Waals surface area contributed by atoms with E-state index in [9.17, 15) is 8.42 Å². The first kappa shape index (κ1) is 25.1. The van der Waals surface area contributed by atoms with Crippen LogP contribution < -0.4 is 9.62 Å². The molecule has 1 aliphatic heterocycles. The molecule has 37 heavy (non-hydrogen) atoms. The Hall–Kier alpha value is -3.57. The quantitative estimate of drug-likeness (QED) is 0.383. The summed E-state index contributed by atoms with van der Waals surface area (Å²) in [5, 5.41) is 12.0. The maximum atomic E-state index is 12.3. The summed E-state index contributed by atoms with van der Waals surface area (Å²) in [4.78, 5) is 9.86. The minimum atomic E-state index is -3.45. The molecule has 11 heteroatoms. The van der Waals surface area contributed by atoms with Gasteiger partial charge >= 0.3 is 0 Å². The lowest BCUT2D eigenvalue weighted by Crippen LogP contribution is -2.25. The molecule has 1 saturated heterocycles. The highest BCUT2D eigenvalue weighted by atomic mass is 32.2. The predicted molar refractivity (Wildman–Crippen MR) is 144 cm³/mol. The van der Waals surface area contributed by atoms with Crippen molar-refractivity contribution < 1.29 is 13.2 Å². The highest BCUT2D eigenvalue weighted by Crippen LogP contribution is 2.35. The van der Waals surface area contributed by atoms with Gasteiger partial charge in [0, 0.05) is 20.1 Å². The van der Waals surface area contributed by atoms with E-state index >= 15 is 0 Å². The number of ether oxygens (including phenoxy) is 1. The number of nitrogens with zero attached hydrogens (tertiary/aromatic N) is 6. The van der Waals surface area contributed by atoms with Crippen LogP contribution in [0.1, 0.15) is 48.4 Å². The molecular weight excluding hydrogens is 490 g/mol. The number of hydrogen-bond acceptors (Lipinski definition) is 8. The number of fused-ring (bicyclic) bond motifs is 1. The number of aryl methyl sites for hydroxylation is 2. The molecule has 4 heterocycles. The number of imidazole rings is 1. The number of pyridine rings is 1. The fraction of sp³-hybridized carbons (Fsp3) is 0.385. The fourth-order valence-corrected chi connectivity index (χ4v) is 5.08. The van der Waals surface area contributed by atoms with Crippen molar-refractivity contribution in [3.63, 3.8) is 0 Å². The Kier molecular flexibility index (Phi) is 6.82. The van der Waals surface area contributed by atoms with Crippen LogP contribution in [0.25, 0.3) is 11.2 Å². The molecule has 194 valence electrons. The van der Waals surface area contributed by atoms with Crippen LogP contribution in [0, 0.1) is 13.8 Å². The maximum absolute atomic E-state index is 12.3. The van der Waals surface area contributed by atoms with E-state index < -0.39 is 10.0 Å². The zero-order valence-corrected chi connectivity index (χ0v) is 22.3. The normalized spacial score (nSPS) is 16.2. The summed E-state index contributed by atoms with van der Waals surface area (Å²) < 4.78 is 34.0. The molecule has 1 aromatic carbocycles. The first-order valence-corrected chi connectivity index (χ1v) is 14.1. The molecule has 0 saturated carbocycles. The molecule has 0 aliphatic carbocycles. The van der Waals surface area contributed by atoms with Gasteiger partial charge in [-0.3, -0.25) is 8.87 Å². The fourth-order valence-electron chi connectivity index (χ4n) is 4.57. The average molecular weight is 522 g/mol. The minimum absolute atomic E-state index is 0.128. The van der Waals surface area contributed by atoms with Crippen molar-refractivity contribution in [3.8, 4) is 0 Å². The van der Waals surface area contributed by atoms with Crippen molar-refractivity contribution in [1.29, 1.82) is 0 Å². The van der Waals surface area contributed by atoms with Gasteiger partial charge in [0.15, 0.2) is 5.65 Å². The van der Waals surface area contributed by atoms with E-state index in [-0.39, 0.29) is 6.23 Å². The largest absolute Gasteiger partial charge is 0.358 e. The molecule has 1 aliphatic rings. The number of benzene rings is 1. The summed E-state index contributed by atoms with van der Waals surface area (Å²) in [7, 11) is -1.91. The van der Waals surface area contributed by atoms with Gasteiger partial charge < -0.3 is 10.1 Å². The van der Waals surface area contributed by atoms with Gasteiger partial charge in [0.2, 0.25) is 10.0 Å². The average Bonchev–Trinajstić information content (AvgIpc) is 3.21. The number of sulfonamides is 1. The highest BCUT2D eigenvalue weighted by molar-refractivity contribution is 7.92. The lowest BCUT2D eigenvalue weighted by molar-refractivity contribution is -0.0309. The van der Waals surface area contributed by atoms with Crippen molar-refractivity contribution in [1.82, 2.24) is 24.7 Å². The Labute approximate surface area is 216 Å². The summed E-state index contributed by atoms with van der Waals surface area (Å²) >= 11 is 0. The first-order chi connectivity index (χ1) is 17.7. The van der Waals surface area contributed by atoms with Crippen molar-refractivity contribution in [2.24, 2.45) is 0 Å². The second-order valence-electron chi connectivity index (χ2n) is 9.40. The van der Waals surface area contributed by atoms with E-state index in [2.05, 4.69) is 20.1 Å². The zero-order valence-electron chi connectivity index (χ0n) is 21.5. The van der Waals surface area contributed by atoms with Gasteiger partial charge in [-0.25, -0.2) is 18.4 Å². The molecule has 1 unspecified atom stereocenters. The van der Waals surface area contributed by atoms with Crippen LogP contribution in [0.3, 0.4) is 0 Å². The summed E-state index contributed by atoms with van der Waals surface area (Å²) in [5.74, 6) is 0.811. The molecule has 3 aromatic heterocycles. The Bertz CT molecular complexity index is 1530. The van der Waals surface area contributed by atoms with Gasteiger partial charge in [0.05, 0.1) is 40.4 Å².